The number of rotatable bonds is 5. The number of aliphatic hydroxyl groups is 1. The summed E-state index contributed by atoms with van der Waals surface area (Å²) >= 11 is 0. The van der Waals surface area contributed by atoms with E-state index in [0.717, 1.165) is 24.1 Å². The summed E-state index contributed by atoms with van der Waals surface area (Å²) in [4.78, 5) is 23.9. The maximum Gasteiger partial charge on any atom is 0.232 e. The zero-order chi connectivity index (χ0) is 14.2. The Morgan fingerprint density at radius 2 is 2.15 bits per heavy atom. The lowest BCUT2D eigenvalue weighted by molar-refractivity contribution is -0.125. The van der Waals surface area contributed by atoms with Crippen molar-refractivity contribution < 1.29 is 14.7 Å². The molecule has 1 fully saturated rings. The summed E-state index contributed by atoms with van der Waals surface area (Å²) in [5.74, 6) is -0.665. The second kappa shape index (κ2) is 4.90. The summed E-state index contributed by atoms with van der Waals surface area (Å²) in [6.07, 6.45) is 2.07. The highest BCUT2D eigenvalue weighted by molar-refractivity contribution is 6.04. The van der Waals surface area contributed by atoms with Crippen molar-refractivity contribution >= 4 is 17.5 Å². The van der Waals surface area contributed by atoms with Crippen LogP contribution in [-0.4, -0.2) is 30.1 Å². The third-order valence-corrected chi connectivity index (χ3v) is 4.25. The van der Waals surface area contributed by atoms with Gasteiger partial charge < -0.3 is 15.7 Å². The Morgan fingerprint density at radius 3 is 2.85 bits per heavy atom. The molecule has 20 heavy (non-hydrogen) atoms. The predicted molar refractivity (Wildman–Crippen MR) is 74.2 cm³/mol. The van der Waals surface area contributed by atoms with Crippen molar-refractivity contribution in [2.75, 3.05) is 18.5 Å². The third-order valence-electron chi connectivity index (χ3n) is 4.25. The number of fused-ring (bicyclic) bond motifs is 1. The molecule has 1 atom stereocenters. The number of hydrogen-bond acceptors (Lipinski definition) is 3. The molecule has 0 aromatic heterocycles. The first-order chi connectivity index (χ1) is 9.63. The van der Waals surface area contributed by atoms with Crippen LogP contribution in [-0.2, 0) is 9.59 Å². The minimum absolute atomic E-state index is 0.106. The van der Waals surface area contributed by atoms with Crippen molar-refractivity contribution in [3.8, 4) is 0 Å². The summed E-state index contributed by atoms with van der Waals surface area (Å²) < 4.78 is 0. The monoisotopic (exact) mass is 274 g/mol. The van der Waals surface area contributed by atoms with Gasteiger partial charge in [-0.15, -0.1) is 0 Å². The van der Waals surface area contributed by atoms with E-state index in [-0.39, 0.29) is 30.3 Å². The number of carbonyl (C=O) groups is 2. The molecule has 5 heteroatoms. The lowest BCUT2D eigenvalue weighted by Gasteiger charge is -2.14. The molecule has 2 aliphatic rings. The van der Waals surface area contributed by atoms with E-state index in [1.807, 2.05) is 24.3 Å². The van der Waals surface area contributed by atoms with Gasteiger partial charge in [0.05, 0.1) is 12.5 Å². The molecular formula is C15H18N2O3. The van der Waals surface area contributed by atoms with E-state index in [1.54, 1.807) is 0 Å². The summed E-state index contributed by atoms with van der Waals surface area (Å²) in [6, 6.07) is 7.45. The van der Waals surface area contributed by atoms with Crippen LogP contribution >= 0.6 is 0 Å². The van der Waals surface area contributed by atoms with Gasteiger partial charge in [-0.1, -0.05) is 18.2 Å². The quantitative estimate of drug-likeness (QED) is 0.749. The average molecular weight is 274 g/mol. The van der Waals surface area contributed by atoms with E-state index < -0.39 is 5.92 Å². The number of hydrogen-bond donors (Lipinski definition) is 3. The van der Waals surface area contributed by atoms with Gasteiger partial charge in [-0.05, 0) is 24.5 Å². The minimum Gasteiger partial charge on any atom is -0.396 e. The maximum atomic E-state index is 12.0. The van der Waals surface area contributed by atoms with Gasteiger partial charge in [-0.2, -0.15) is 0 Å². The summed E-state index contributed by atoms with van der Waals surface area (Å²) in [5.41, 5.74) is 1.58. The van der Waals surface area contributed by atoms with Gasteiger partial charge in [0.15, 0.2) is 0 Å². The molecule has 0 saturated heterocycles. The number of benzene rings is 1. The zero-order valence-electron chi connectivity index (χ0n) is 11.2. The lowest BCUT2D eigenvalue weighted by atomic mass is 9.97. The molecule has 0 bridgehead atoms. The van der Waals surface area contributed by atoms with Crippen LogP contribution in [0.15, 0.2) is 24.3 Å². The van der Waals surface area contributed by atoms with Crippen molar-refractivity contribution in [3.63, 3.8) is 0 Å². The van der Waals surface area contributed by atoms with Gasteiger partial charge in [-0.25, -0.2) is 0 Å². The third kappa shape index (κ3) is 2.41. The zero-order valence-corrected chi connectivity index (χ0v) is 11.2. The van der Waals surface area contributed by atoms with E-state index in [0.29, 0.717) is 6.54 Å². The molecule has 0 radical (unpaired) electrons. The van der Waals surface area contributed by atoms with Gasteiger partial charge >= 0.3 is 0 Å². The number of aliphatic hydroxyl groups excluding tert-OH is 1. The maximum absolute atomic E-state index is 12.0. The fourth-order valence-corrected chi connectivity index (χ4v) is 2.59. The van der Waals surface area contributed by atoms with Crippen molar-refractivity contribution in [1.29, 1.82) is 0 Å². The SMILES string of the molecule is O=C(CC1C(=O)Nc2ccccc21)NCC1(CO)CC1. The topological polar surface area (TPSA) is 78.4 Å². The van der Waals surface area contributed by atoms with Crippen LogP contribution in [0.3, 0.4) is 0 Å². The van der Waals surface area contributed by atoms with Crippen molar-refractivity contribution in [3.05, 3.63) is 29.8 Å². The Labute approximate surface area is 117 Å². The standard InChI is InChI=1S/C15H18N2O3/c18-9-15(5-6-15)8-16-13(19)7-11-10-3-1-2-4-12(10)17-14(11)20/h1-4,11,18H,5-9H2,(H,16,19)(H,17,20). The van der Waals surface area contributed by atoms with Gasteiger partial charge in [0.1, 0.15) is 0 Å². The Morgan fingerprint density at radius 1 is 1.40 bits per heavy atom. The minimum atomic E-state index is -0.407. The largest absolute Gasteiger partial charge is 0.396 e. The normalized spacial score (nSPS) is 22.1. The second-order valence-electron chi connectivity index (χ2n) is 5.77. The predicted octanol–water partition coefficient (Wildman–Crippen LogP) is 1.00. The molecule has 5 nitrogen and oxygen atoms in total. The van der Waals surface area contributed by atoms with E-state index in [4.69, 9.17) is 0 Å². The summed E-state index contributed by atoms with van der Waals surface area (Å²) in [7, 11) is 0. The Kier molecular flexibility index (Phi) is 3.22. The highest BCUT2D eigenvalue weighted by Gasteiger charge is 2.42. The molecular weight excluding hydrogens is 256 g/mol. The first kappa shape index (κ1) is 13.1. The molecule has 3 rings (SSSR count). The van der Waals surface area contributed by atoms with Crippen LogP contribution in [0.2, 0.25) is 0 Å². The van der Waals surface area contributed by atoms with Crippen molar-refractivity contribution in [1.82, 2.24) is 5.32 Å². The molecule has 1 unspecified atom stereocenters. The number of amides is 2. The highest BCUT2D eigenvalue weighted by atomic mass is 16.3. The Bertz CT molecular complexity index is 552. The van der Waals surface area contributed by atoms with Crippen molar-refractivity contribution in [2.24, 2.45) is 5.41 Å². The first-order valence-corrected chi connectivity index (χ1v) is 6.91. The summed E-state index contributed by atoms with van der Waals surface area (Å²) in [6.45, 7) is 0.609. The molecule has 1 aromatic carbocycles. The molecule has 0 spiro atoms. The van der Waals surface area contributed by atoms with E-state index >= 15 is 0 Å². The molecule has 1 aliphatic carbocycles. The Balaban J connectivity index is 1.60. The van der Waals surface area contributed by atoms with E-state index in [9.17, 15) is 14.7 Å². The second-order valence-corrected chi connectivity index (χ2v) is 5.77. The van der Waals surface area contributed by atoms with Gasteiger partial charge in [-0.3, -0.25) is 9.59 Å². The number of para-hydroxylation sites is 1. The smallest absolute Gasteiger partial charge is 0.232 e. The van der Waals surface area contributed by atoms with Gasteiger partial charge in [0.25, 0.3) is 0 Å². The fourth-order valence-electron chi connectivity index (χ4n) is 2.59. The van der Waals surface area contributed by atoms with Crippen LogP contribution in [0.1, 0.15) is 30.7 Å². The Hall–Kier alpha value is -1.88. The number of anilines is 1. The number of nitrogens with one attached hydrogen (secondary N) is 2. The lowest BCUT2D eigenvalue weighted by Crippen LogP contribution is -2.33. The fraction of sp³-hybridized carbons (Fsp3) is 0.467. The highest BCUT2D eigenvalue weighted by Crippen LogP contribution is 2.44. The molecule has 1 heterocycles. The van der Waals surface area contributed by atoms with E-state index in [1.165, 1.54) is 0 Å². The molecule has 1 saturated carbocycles. The van der Waals surface area contributed by atoms with E-state index in [2.05, 4.69) is 10.6 Å². The van der Waals surface area contributed by atoms with Crippen LogP contribution in [0, 0.1) is 5.41 Å². The molecule has 106 valence electrons. The molecule has 1 aliphatic heterocycles. The van der Waals surface area contributed by atoms with Crippen LogP contribution < -0.4 is 10.6 Å². The first-order valence-electron chi connectivity index (χ1n) is 6.91. The number of carbonyl (C=O) groups excluding carboxylic acids is 2. The molecule has 1 aromatic rings. The van der Waals surface area contributed by atoms with Crippen LogP contribution in [0.5, 0.6) is 0 Å². The van der Waals surface area contributed by atoms with Crippen LogP contribution in [0.4, 0.5) is 5.69 Å². The molecule has 3 N–H and O–H groups in total. The average Bonchev–Trinajstić information content (AvgIpc) is 3.18. The summed E-state index contributed by atoms with van der Waals surface area (Å²) in [5, 5.41) is 14.8. The van der Waals surface area contributed by atoms with Gasteiger partial charge in [0, 0.05) is 24.1 Å². The van der Waals surface area contributed by atoms with Gasteiger partial charge in [0.2, 0.25) is 11.8 Å². The molecule has 2 amide bonds. The van der Waals surface area contributed by atoms with Crippen molar-refractivity contribution in [2.45, 2.75) is 25.2 Å². The van der Waals surface area contributed by atoms with Crippen LogP contribution in [0.25, 0.3) is 0 Å².